The van der Waals surface area contributed by atoms with Crippen LogP contribution in [0.4, 0.5) is 0 Å². The zero-order valence-corrected chi connectivity index (χ0v) is 11.8. The predicted molar refractivity (Wildman–Crippen MR) is 68.9 cm³/mol. The number of hydrogen-bond donors (Lipinski definition) is 1. The van der Waals surface area contributed by atoms with Crippen molar-refractivity contribution in [3.63, 3.8) is 0 Å². The van der Waals surface area contributed by atoms with Crippen LogP contribution >= 0.6 is 0 Å². The van der Waals surface area contributed by atoms with Gasteiger partial charge in [0.2, 0.25) is 0 Å². The molecule has 1 saturated carbocycles. The third-order valence-corrected chi connectivity index (χ3v) is 4.75. The highest BCUT2D eigenvalue weighted by Gasteiger charge is 2.37. The Hall–Kier alpha value is -0.420. The third-order valence-electron chi connectivity index (χ3n) is 3.11. The molecule has 1 aliphatic rings. The monoisotopic (exact) mass is 261 g/mol. The minimum absolute atomic E-state index is 0.276. The zero-order valence-electron chi connectivity index (χ0n) is 11.0. The predicted octanol–water partition coefficient (Wildman–Crippen LogP) is 1.91. The Labute approximate surface area is 106 Å². The van der Waals surface area contributed by atoms with E-state index in [2.05, 4.69) is 4.72 Å². The molecule has 0 aromatic rings. The first kappa shape index (κ1) is 14.6. The summed E-state index contributed by atoms with van der Waals surface area (Å²) in [5, 5.41) is 0. The first-order valence-corrected chi connectivity index (χ1v) is 7.48. The summed E-state index contributed by atoms with van der Waals surface area (Å²) in [5.74, 6) is -0.401. The SMILES string of the molecule is CCOC(=O)C(C)(C)S(=O)NC1CCCCC1. The van der Waals surface area contributed by atoms with Gasteiger partial charge in [-0.05, 0) is 33.6 Å². The van der Waals surface area contributed by atoms with Crippen molar-refractivity contribution in [2.75, 3.05) is 6.61 Å². The third kappa shape index (κ3) is 4.07. The molecule has 0 aromatic carbocycles. The highest BCUT2D eigenvalue weighted by molar-refractivity contribution is 7.85. The van der Waals surface area contributed by atoms with E-state index < -0.39 is 21.7 Å². The lowest BCUT2D eigenvalue weighted by atomic mass is 9.96. The van der Waals surface area contributed by atoms with Crippen LogP contribution in [-0.4, -0.2) is 27.6 Å². The van der Waals surface area contributed by atoms with E-state index in [4.69, 9.17) is 4.74 Å². The highest BCUT2D eigenvalue weighted by atomic mass is 32.2. The number of carbonyl (C=O) groups excluding carboxylic acids is 1. The molecule has 1 unspecified atom stereocenters. The summed E-state index contributed by atoms with van der Waals surface area (Å²) in [7, 11) is -1.38. The van der Waals surface area contributed by atoms with Crippen LogP contribution in [-0.2, 0) is 20.5 Å². The van der Waals surface area contributed by atoms with Crippen LogP contribution < -0.4 is 4.72 Å². The Morgan fingerprint density at radius 2 is 1.94 bits per heavy atom. The van der Waals surface area contributed by atoms with Gasteiger partial charge in [-0.1, -0.05) is 19.3 Å². The number of esters is 1. The molecule has 17 heavy (non-hydrogen) atoms. The maximum absolute atomic E-state index is 12.1. The second kappa shape index (κ2) is 6.50. The lowest BCUT2D eigenvalue weighted by Crippen LogP contribution is -2.47. The molecule has 0 radical (unpaired) electrons. The van der Waals surface area contributed by atoms with Gasteiger partial charge in [0.1, 0.15) is 11.0 Å². The molecule has 1 fully saturated rings. The van der Waals surface area contributed by atoms with Crippen LogP contribution in [0.1, 0.15) is 52.9 Å². The molecule has 0 spiro atoms. The van der Waals surface area contributed by atoms with E-state index in [1.165, 1.54) is 19.3 Å². The first-order valence-electron chi connectivity index (χ1n) is 6.33. The quantitative estimate of drug-likeness (QED) is 0.769. The number of nitrogens with one attached hydrogen (secondary N) is 1. The summed E-state index contributed by atoms with van der Waals surface area (Å²) in [6.07, 6.45) is 5.70. The van der Waals surface area contributed by atoms with Gasteiger partial charge >= 0.3 is 5.97 Å². The molecule has 0 saturated heterocycles. The van der Waals surface area contributed by atoms with E-state index in [0.29, 0.717) is 6.61 Å². The van der Waals surface area contributed by atoms with Crippen LogP contribution in [0.25, 0.3) is 0 Å². The van der Waals surface area contributed by atoms with Gasteiger partial charge in [0.25, 0.3) is 0 Å². The lowest BCUT2D eigenvalue weighted by molar-refractivity contribution is -0.145. The lowest BCUT2D eigenvalue weighted by Gasteiger charge is -2.27. The summed E-state index contributed by atoms with van der Waals surface area (Å²) in [6, 6.07) is 0.276. The first-order chi connectivity index (χ1) is 7.98. The van der Waals surface area contributed by atoms with Gasteiger partial charge in [-0.15, -0.1) is 0 Å². The van der Waals surface area contributed by atoms with Gasteiger partial charge < -0.3 is 4.74 Å². The van der Waals surface area contributed by atoms with Crippen molar-refractivity contribution in [1.82, 2.24) is 4.72 Å². The second-order valence-electron chi connectivity index (χ2n) is 4.95. The topological polar surface area (TPSA) is 55.4 Å². The van der Waals surface area contributed by atoms with Crippen LogP contribution in [0.3, 0.4) is 0 Å². The molecule has 1 N–H and O–H groups in total. The normalized spacial score (nSPS) is 19.9. The average molecular weight is 261 g/mol. The van der Waals surface area contributed by atoms with Crippen molar-refractivity contribution in [1.29, 1.82) is 0 Å². The maximum Gasteiger partial charge on any atom is 0.325 e. The summed E-state index contributed by atoms with van der Waals surface area (Å²) < 4.78 is 19.2. The molecule has 4 nitrogen and oxygen atoms in total. The standard InChI is InChI=1S/C12H23NO3S/c1-4-16-11(14)12(2,3)17(15)13-10-8-6-5-7-9-10/h10,13H,4-9H2,1-3H3. The van der Waals surface area contributed by atoms with Gasteiger partial charge in [-0.3, -0.25) is 4.79 Å². The van der Waals surface area contributed by atoms with Gasteiger partial charge in [-0.2, -0.15) is 0 Å². The molecular weight excluding hydrogens is 238 g/mol. The molecule has 1 rings (SSSR count). The molecule has 0 bridgehead atoms. The van der Waals surface area contributed by atoms with Gasteiger partial charge in [0.15, 0.2) is 4.75 Å². The minimum atomic E-state index is -1.38. The average Bonchev–Trinajstić information content (AvgIpc) is 2.30. The van der Waals surface area contributed by atoms with Crippen molar-refractivity contribution < 1.29 is 13.7 Å². The fourth-order valence-corrected chi connectivity index (χ4v) is 2.94. The van der Waals surface area contributed by atoms with Crippen LogP contribution in [0, 0.1) is 0 Å². The number of ether oxygens (including phenoxy) is 1. The van der Waals surface area contributed by atoms with Crippen molar-refractivity contribution >= 4 is 17.0 Å². The molecule has 0 aliphatic heterocycles. The largest absolute Gasteiger partial charge is 0.465 e. The highest BCUT2D eigenvalue weighted by Crippen LogP contribution is 2.20. The van der Waals surface area contributed by atoms with Crippen molar-refractivity contribution in [2.45, 2.75) is 63.7 Å². The fraction of sp³-hybridized carbons (Fsp3) is 0.917. The van der Waals surface area contributed by atoms with Crippen molar-refractivity contribution in [3.8, 4) is 0 Å². The van der Waals surface area contributed by atoms with E-state index in [0.717, 1.165) is 12.8 Å². The molecule has 1 aliphatic carbocycles. The summed E-state index contributed by atoms with van der Waals surface area (Å²) in [4.78, 5) is 11.7. The Morgan fingerprint density at radius 3 is 2.47 bits per heavy atom. The summed E-state index contributed by atoms with van der Waals surface area (Å²) in [5.41, 5.74) is 0. The van der Waals surface area contributed by atoms with E-state index in [1.807, 2.05) is 0 Å². The van der Waals surface area contributed by atoms with E-state index in [-0.39, 0.29) is 6.04 Å². The van der Waals surface area contributed by atoms with E-state index in [9.17, 15) is 9.00 Å². The Morgan fingerprint density at radius 1 is 1.35 bits per heavy atom. The summed E-state index contributed by atoms with van der Waals surface area (Å²) in [6.45, 7) is 5.40. The number of rotatable bonds is 5. The molecule has 5 heteroatoms. The van der Waals surface area contributed by atoms with Crippen molar-refractivity contribution in [3.05, 3.63) is 0 Å². The van der Waals surface area contributed by atoms with Crippen LogP contribution in [0.5, 0.6) is 0 Å². The smallest absolute Gasteiger partial charge is 0.325 e. The molecule has 0 heterocycles. The second-order valence-corrected chi connectivity index (χ2v) is 6.75. The number of hydrogen-bond acceptors (Lipinski definition) is 3. The fourth-order valence-electron chi connectivity index (χ4n) is 1.90. The Balaban J connectivity index is 2.52. The Bertz CT molecular complexity index is 285. The maximum atomic E-state index is 12.1. The van der Waals surface area contributed by atoms with Crippen LogP contribution in [0.15, 0.2) is 0 Å². The van der Waals surface area contributed by atoms with Crippen molar-refractivity contribution in [2.24, 2.45) is 0 Å². The van der Waals surface area contributed by atoms with E-state index >= 15 is 0 Å². The molecule has 0 amide bonds. The van der Waals surface area contributed by atoms with Gasteiger partial charge in [-0.25, -0.2) is 8.93 Å². The Kier molecular flexibility index (Phi) is 5.59. The molecule has 1 atom stereocenters. The minimum Gasteiger partial charge on any atom is -0.465 e. The van der Waals surface area contributed by atoms with Gasteiger partial charge in [0, 0.05) is 6.04 Å². The van der Waals surface area contributed by atoms with Crippen LogP contribution in [0.2, 0.25) is 0 Å². The molecule has 0 aromatic heterocycles. The molecular formula is C12H23NO3S. The van der Waals surface area contributed by atoms with Gasteiger partial charge in [0.05, 0.1) is 6.61 Å². The molecule has 100 valence electrons. The van der Waals surface area contributed by atoms with E-state index in [1.54, 1.807) is 20.8 Å². The summed E-state index contributed by atoms with van der Waals surface area (Å²) >= 11 is 0. The number of carbonyl (C=O) groups is 1. The zero-order chi connectivity index (χ0) is 12.9.